The molecule has 3 heterocycles. The van der Waals surface area contributed by atoms with Gasteiger partial charge in [0.2, 0.25) is 5.91 Å². The molecule has 33 heavy (non-hydrogen) atoms. The lowest BCUT2D eigenvalue weighted by Crippen LogP contribution is -2.29. The van der Waals surface area contributed by atoms with E-state index in [1.165, 1.54) is 18.7 Å². The molecule has 0 saturated heterocycles. The first kappa shape index (κ1) is 20.6. The summed E-state index contributed by atoms with van der Waals surface area (Å²) < 4.78 is 1.71. The fraction of sp³-hybridized carbons (Fsp3) is 0.160. The maximum absolute atomic E-state index is 13.5. The van der Waals surface area contributed by atoms with Crippen LogP contribution in [0.5, 0.6) is 0 Å². The number of nitrogens with one attached hydrogen (secondary N) is 1. The summed E-state index contributed by atoms with van der Waals surface area (Å²) >= 11 is 0. The molecule has 0 unspecified atom stereocenters. The average Bonchev–Trinajstić information content (AvgIpc) is 3.24. The predicted octanol–water partition coefficient (Wildman–Crippen LogP) is 4.10. The second-order valence-corrected chi connectivity index (χ2v) is 8.19. The molecule has 3 amide bonds. The number of aryl methyl sites for hydroxylation is 3. The van der Waals surface area contributed by atoms with Crippen LogP contribution < -0.4 is 10.2 Å². The van der Waals surface area contributed by atoms with Crippen LogP contribution in [0.4, 0.5) is 11.4 Å². The topological polar surface area (TPSA) is 97.2 Å². The van der Waals surface area contributed by atoms with E-state index in [1.807, 2.05) is 39.0 Å². The van der Waals surface area contributed by atoms with Crippen molar-refractivity contribution in [3.63, 3.8) is 0 Å². The fourth-order valence-electron chi connectivity index (χ4n) is 4.13. The Bertz CT molecular complexity index is 1480. The van der Waals surface area contributed by atoms with Crippen LogP contribution in [0.25, 0.3) is 16.7 Å². The van der Waals surface area contributed by atoms with Gasteiger partial charge in [-0.15, -0.1) is 0 Å². The number of nitrogens with zero attached hydrogens (tertiary/aromatic N) is 4. The van der Waals surface area contributed by atoms with Crippen LogP contribution in [-0.4, -0.2) is 32.5 Å². The standard InChI is InChI=1S/C25H21N5O3/c1-13-5-8-19(11-14(13)2)30-23-21(15(3)28-30)22-20(12-26-23)24(32)29(25(22)33)18-9-6-17(7-10-18)27-16(4)31/h5-12H,1-4H3,(H,27,31). The van der Waals surface area contributed by atoms with Crippen LogP contribution in [0.2, 0.25) is 0 Å². The van der Waals surface area contributed by atoms with Crippen LogP contribution in [0.15, 0.2) is 48.7 Å². The first-order valence-corrected chi connectivity index (χ1v) is 10.5. The van der Waals surface area contributed by atoms with Crippen LogP contribution in [-0.2, 0) is 4.79 Å². The Kier molecular flexibility index (Phi) is 4.59. The summed E-state index contributed by atoms with van der Waals surface area (Å²) in [6, 6.07) is 12.5. The van der Waals surface area contributed by atoms with E-state index in [4.69, 9.17) is 0 Å². The van der Waals surface area contributed by atoms with Gasteiger partial charge in [-0.05, 0) is 68.3 Å². The van der Waals surface area contributed by atoms with Gasteiger partial charge in [0, 0.05) is 18.8 Å². The highest BCUT2D eigenvalue weighted by atomic mass is 16.2. The van der Waals surface area contributed by atoms with E-state index in [0.29, 0.717) is 33.7 Å². The maximum Gasteiger partial charge on any atom is 0.267 e. The van der Waals surface area contributed by atoms with Crippen molar-refractivity contribution in [3.8, 4) is 5.69 Å². The first-order chi connectivity index (χ1) is 15.8. The Morgan fingerprint density at radius 1 is 0.909 bits per heavy atom. The molecular formula is C25H21N5O3. The van der Waals surface area contributed by atoms with Gasteiger partial charge >= 0.3 is 0 Å². The highest BCUT2D eigenvalue weighted by Crippen LogP contribution is 2.35. The van der Waals surface area contributed by atoms with Crippen molar-refractivity contribution in [2.24, 2.45) is 0 Å². The molecule has 1 N–H and O–H groups in total. The Labute approximate surface area is 189 Å². The van der Waals surface area contributed by atoms with E-state index >= 15 is 0 Å². The predicted molar refractivity (Wildman–Crippen MR) is 125 cm³/mol. The molecule has 2 aromatic heterocycles. The van der Waals surface area contributed by atoms with Crippen LogP contribution in [0.1, 0.15) is 44.5 Å². The molecule has 0 spiro atoms. The zero-order valence-corrected chi connectivity index (χ0v) is 18.6. The molecule has 4 aromatic rings. The summed E-state index contributed by atoms with van der Waals surface area (Å²) in [6.45, 7) is 7.29. The lowest BCUT2D eigenvalue weighted by molar-refractivity contribution is -0.114. The third-order valence-corrected chi connectivity index (χ3v) is 5.90. The molecular weight excluding hydrogens is 418 g/mol. The van der Waals surface area contributed by atoms with Crippen molar-refractivity contribution in [3.05, 3.63) is 76.6 Å². The molecule has 1 aliphatic heterocycles. The summed E-state index contributed by atoms with van der Waals surface area (Å²) in [5, 5.41) is 7.88. The number of hydrogen-bond donors (Lipinski definition) is 1. The first-order valence-electron chi connectivity index (χ1n) is 10.5. The van der Waals surface area contributed by atoms with Gasteiger partial charge < -0.3 is 5.32 Å². The molecule has 164 valence electrons. The van der Waals surface area contributed by atoms with E-state index < -0.39 is 11.8 Å². The lowest BCUT2D eigenvalue weighted by atomic mass is 10.1. The van der Waals surface area contributed by atoms with Gasteiger partial charge in [-0.25, -0.2) is 14.6 Å². The van der Waals surface area contributed by atoms with Crippen molar-refractivity contribution in [2.75, 3.05) is 10.2 Å². The van der Waals surface area contributed by atoms with E-state index in [2.05, 4.69) is 15.4 Å². The van der Waals surface area contributed by atoms with Crippen molar-refractivity contribution in [2.45, 2.75) is 27.7 Å². The second kappa shape index (κ2) is 7.37. The third kappa shape index (κ3) is 3.18. The minimum Gasteiger partial charge on any atom is -0.326 e. The van der Waals surface area contributed by atoms with Gasteiger partial charge in [0.25, 0.3) is 11.8 Å². The molecule has 8 nitrogen and oxygen atoms in total. The van der Waals surface area contributed by atoms with Gasteiger partial charge in [-0.2, -0.15) is 5.10 Å². The van der Waals surface area contributed by atoms with E-state index in [1.54, 1.807) is 28.9 Å². The summed E-state index contributed by atoms with van der Waals surface area (Å²) in [5.74, 6) is -1.05. The second-order valence-electron chi connectivity index (χ2n) is 8.19. The highest BCUT2D eigenvalue weighted by Gasteiger charge is 2.40. The normalized spacial score (nSPS) is 13.0. The molecule has 2 aromatic carbocycles. The van der Waals surface area contributed by atoms with Gasteiger partial charge in [0.1, 0.15) is 0 Å². The highest BCUT2D eigenvalue weighted by molar-refractivity contribution is 6.37. The SMILES string of the molecule is CC(=O)Nc1ccc(N2C(=O)c3cnc4c(c(C)nn4-c4ccc(C)c(C)c4)c3C2=O)cc1. The number of carbonyl (C=O) groups is 3. The lowest BCUT2D eigenvalue weighted by Gasteiger charge is -2.14. The average molecular weight is 439 g/mol. The fourth-order valence-corrected chi connectivity index (χ4v) is 4.13. The van der Waals surface area contributed by atoms with Crippen LogP contribution in [0.3, 0.4) is 0 Å². The monoisotopic (exact) mass is 439 g/mol. The van der Waals surface area contributed by atoms with Crippen molar-refractivity contribution in [1.29, 1.82) is 0 Å². The summed E-state index contributed by atoms with van der Waals surface area (Å²) in [4.78, 5) is 43.5. The third-order valence-electron chi connectivity index (χ3n) is 5.90. The smallest absolute Gasteiger partial charge is 0.267 e. The molecule has 0 bridgehead atoms. The zero-order chi connectivity index (χ0) is 23.4. The van der Waals surface area contributed by atoms with Gasteiger partial charge in [0.05, 0.1) is 33.6 Å². The molecule has 1 aliphatic rings. The Hall–Kier alpha value is -4.33. The zero-order valence-electron chi connectivity index (χ0n) is 18.6. The number of imide groups is 1. The summed E-state index contributed by atoms with van der Waals surface area (Å²) in [7, 11) is 0. The minimum atomic E-state index is -0.435. The number of pyridine rings is 1. The van der Waals surface area contributed by atoms with Crippen LogP contribution >= 0.6 is 0 Å². The van der Waals surface area contributed by atoms with Gasteiger partial charge in [-0.3, -0.25) is 14.4 Å². The summed E-state index contributed by atoms with van der Waals surface area (Å²) in [6.07, 6.45) is 1.45. The molecule has 0 atom stereocenters. The molecule has 0 fully saturated rings. The number of carbonyl (C=O) groups excluding carboxylic acids is 3. The Morgan fingerprint density at radius 2 is 1.61 bits per heavy atom. The number of aromatic nitrogens is 3. The number of hydrogen-bond acceptors (Lipinski definition) is 5. The van der Waals surface area contributed by atoms with Crippen molar-refractivity contribution >= 4 is 40.1 Å². The maximum atomic E-state index is 13.5. The largest absolute Gasteiger partial charge is 0.326 e. The molecule has 0 saturated carbocycles. The number of fused-ring (bicyclic) bond motifs is 3. The quantitative estimate of drug-likeness (QED) is 0.485. The van der Waals surface area contributed by atoms with E-state index in [9.17, 15) is 14.4 Å². The van der Waals surface area contributed by atoms with Gasteiger partial charge in [-0.1, -0.05) is 6.07 Å². The van der Waals surface area contributed by atoms with Crippen LogP contribution in [0, 0.1) is 20.8 Å². The van der Waals surface area contributed by atoms with Crippen molar-refractivity contribution < 1.29 is 14.4 Å². The summed E-state index contributed by atoms with van der Waals surface area (Å²) in [5.41, 5.74) is 5.84. The molecule has 8 heteroatoms. The van der Waals surface area contributed by atoms with Gasteiger partial charge in [0.15, 0.2) is 5.65 Å². The minimum absolute atomic E-state index is 0.201. The van der Waals surface area contributed by atoms with E-state index in [-0.39, 0.29) is 11.5 Å². The Balaban J connectivity index is 1.61. The number of benzene rings is 2. The molecule has 0 aliphatic carbocycles. The number of amides is 3. The van der Waals surface area contributed by atoms with E-state index in [0.717, 1.165) is 16.2 Å². The Morgan fingerprint density at radius 3 is 2.27 bits per heavy atom. The number of anilines is 2. The van der Waals surface area contributed by atoms with Crippen molar-refractivity contribution in [1.82, 2.24) is 14.8 Å². The molecule has 0 radical (unpaired) electrons. The molecule has 5 rings (SSSR count). The number of rotatable bonds is 3.